The number of benzene rings is 2. The monoisotopic (exact) mass is 327 g/mol. The average molecular weight is 327 g/mol. The summed E-state index contributed by atoms with van der Waals surface area (Å²) in [6, 6.07) is 17.2. The van der Waals surface area contributed by atoms with E-state index in [9.17, 15) is 9.90 Å². The van der Waals surface area contributed by atoms with Crippen LogP contribution >= 0.6 is 0 Å². The molecule has 24 heavy (non-hydrogen) atoms. The molecule has 0 aliphatic heterocycles. The van der Waals surface area contributed by atoms with Gasteiger partial charge in [0, 0.05) is 12.0 Å². The van der Waals surface area contributed by atoms with Crippen LogP contribution in [0.15, 0.2) is 54.6 Å². The second kappa shape index (κ2) is 8.50. The van der Waals surface area contributed by atoms with Gasteiger partial charge in [-0.15, -0.1) is 0 Å². The Bertz CT molecular complexity index is 657. The summed E-state index contributed by atoms with van der Waals surface area (Å²) in [5.41, 5.74) is 1.23. The van der Waals surface area contributed by atoms with E-state index >= 15 is 0 Å². The first-order valence-corrected chi connectivity index (χ1v) is 8.23. The van der Waals surface area contributed by atoms with Gasteiger partial charge >= 0.3 is 0 Å². The van der Waals surface area contributed by atoms with E-state index in [0.29, 0.717) is 30.9 Å². The van der Waals surface area contributed by atoms with Gasteiger partial charge in [-0.2, -0.15) is 0 Å². The van der Waals surface area contributed by atoms with Crippen LogP contribution in [0, 0.1) is 5.41 Å². The molecule has 0 aromatic heterocycles. The number of aliphatic hydroxyl groups excluding tert-OH is 1. The lowest BCUT2D eigenvalue weighted by Crippen LogP contribution is -2.39. The first kappa shape index (κ1) is 18.0. The third kappa shape index (κ3) is 4.83. The Balaban J connectivity index is 2.03. The molecule has 0 spiro atoms. The number of para-hydroxylation sites is 1. The fourth-order valence-electron chi connectivity index (χ4n) is 2.59. The normalized spacial score (nSPS) is 13.1. The van der Waals surface area contributed by atoms with Crippen LogP contribution in [0.3, 0.4) is 0 Å². The molecule has 4 heteroatoms. The second-order valence-corrected chi connectivity index (χ2v) is 6.24. The highest BCUT2D eigenvalue weighted by atomic mass is 16.5. The van der Waals surface area contributed by atoms with E-state index < -0.39 is 5.41 Å². The summed E-state index contributed by atoms with van der Waals surface area (Å²) in [4.78, 5) is 12.5. The number of carbonyl (C=O) groups is 1. The van der Waals surface area contributed by atoms with Crippen LogP contribution < -0.4 is 10.1 Å². The Labute approximate surface area is 143 Å². The quantitative estimate of drug-likeness (QED) is 0.783. The van der Waals surface area contributed by atoms with E-state index in [0.717, 1.165) is 5.56 Å². The molecule has 0 saturated carbocycles. The minimum absolute atomic E-state index is 0.00468. The van der Waals surface area contributed by atoms with Gasteiger partial charge in [0.1, 0.15) is 5.75 Å². The van der Waals surface area contributed by atoms with Crippen LogP contribution in [0.4, 0.5) is 0 Å². The molecule has 2 N–H and O–H groups in total. The van der Waals surface area contributed by atoms with Gasteiger partial charge in [0.05, 0.1) is 18.8 Å². The Morgan fingerprint density at radius 3 is 2.46 bits per heavy atom. The van der Waals surface area contributed by atoms with Gasteiger partial charge in [-0.3, -0.25) is 4.79 Å². The van der Waals surface area contributed by atoms with E-state index in [1.165, 1.54) is 0 Å². The molecular formula is C20H25NO3. The van der Waals surface area contributed by atoms with Crippen LogP contribution in [-0.2, 0) is 6.42 Å². The van der Waals surface area contributed by atoms with Crippen molar-refractivity contribution in [1.82, 2.24) is 5.32 Å². The minimum Gasteiger partial charge on any atom is -0.493 e. The largest absolute Gasteiger partial charge is 0.493 e. The fraction of sp³-hybridized carbons (Fsp3) is 0.350. The van der Waals surface area contributed by atoms with Crippen molar-refractivity contribution < 1.29 is 14.6 Å². The van der Waals surface area contributed by atoms with E-state index in [1.807, 2.05) is 56.3 Å². The molecule has 1 atom stereocenters. The number of hydrogen-bond donors (Lipinski definition) is 2. The fourth-order valence-corrected chi connectivity index (χ4v) is 2.59. The maximum absolute atomic E-state index is 12.5. The van der Waals surface area contributed by atoms with Crippen LogP contribution in [0.2, 0.25) is 0 Å². The van der Waals surface area contributed by atoms with Crippen molar-refractivity contribution in [2.75, 3.05) is 19.8 Å². The van der Waals surface area contributed by atoms with Crippen LogP contribution in [0.1, 0.15) is 29.8 Å². The molecule has 0 bridgehead atoms. The summed E-state index contributed by atoms with van der Waals surface area (Å²) >= 11 is 0. The number of aliphatic hydroxyl groups is 1. The number of hydrogen-bond acceptors (Lipinski definition) is 3. The predicted octanol–water partition coefficient (Wildman–Crippen LogP) is 3.06. The summed E-state index contributed by atoms with van der Waals surface area (Å²) in [6.45, 7) is 4.74. The molecule has 1 unspecified atom stereocenters. The molecule has 0 saturated heterocycles. The SMILES string of the molecule is CCOc1ccccc1C(=O)NCC(C)(CO)Cc1ccccc1. The third-order valence-electron chi connectivity index (χ3n) is 3.96. The molecular weight excluding hydrogens is 302 g/mol. The van der Waals surface area contributed by atoms with Crippen molar-refractivity contribution in [1.29, 1.82) is 0 Å². The molecule has 0 fully saturated rings. The lowest BCUT2D eigenvalue weighted by molar-refractivity contribution is 0.0891. The number of nitrogens with one attached hydrogen (secondary N) is 1. The summed E-state index contributed by atoms with van der Waals surface area (Å²) in [7, 11) is 0. The zero-order valence-electron chi connectivity index (χ0n) is 14.3. The highest BCUT2D eigenvalue weighted by molar-refractivity contribution is 5.96. The van der Waals surface area contributed by atoms with E-state index in [-0.39, 0.29) is 12.5 Å². The van der Waals surface area contributed by atoms with E-state index in [4.69, 9.17) is 4.74 Å². The summed E-state index contributed by atoms with van der Waals surface area (Å²) in [5.74, 6) is 0.387. The Hall–Kier alpha value is -2.33. The number of rotatable bonds is 8. The molecule has 1 amide bonds. The first-order chi connectivity index (χ1) is 11.6. The first-order valence-electron chi connectivity index (χ1n) is 8.23. The Morgan fingerprint density at radius 1 is 1.12 bits per heavy atom. The molecule has 2 aromatic rings. The zero-order valence-corrected chi connectivity index (χ0v) is 14.3. The van der Waals surface area contributed by atoms with Crippen LogP contribution in [-0.4, -0.2) is 30.8 Å². The Kier molecular flexibility index (Phi) is 6.38. The number of carbonyl (C=O) groups excluding carboxylic acids is 1. The highest BCUT2D eigenvalue weighted by Crippen LogP contribution is 2.22. The van der Waals surface area contributed by atoms with Gasteiger partial charge in [-0.25, -0.2) is 0 Å². The van der Waals surface area contributed by atoms with Crippen LogP contribution in [0.25, 0.3) is 0 Å². The Morgan fingerprint density at radius 2 is 1.79 bits per heavy atom. The molecule has 0 heterocycles. The smallest absolute Gasteiger partial charge is 0.255 e. The molecule has 0 aliphatic carbocycles. The maximum atomic E-state index is 12.5. The molecule has 2 aromatic carbocycles. The lowest BCUT2D eigenvalue weighted by Gasteiger charge is -2.28. The van der Waals surface area contributed by atoms with Gasteiger partial charge in [0.2, 0.25) is 0 Å². The predicted molar refractivity (Wildman–Crippen MR) is 95.3 cm³/mol. The topological polar surface area (TPSA) is 58.6 Å². The van der Waals surface area contributed by atoms with Gasteiger partial charge in [0.15, 0.2) is 0 Å². The van der Waals surface area contributed by atoms with Crippen molar-refractivity contribution in [3.63, 3.8) is 0 Å². The summed E-state index contributed by atoms with van der Waals surface area (Å²) < 4.78 is 5.50. The molecule has 0 aliphatic rings. The summed E-state index contributed by atoms with van der Waals surface area (Å²) in [5, 5.41) is 12.7. The van der Waals surface area contributed by atoms with Gasteiger partial charge in [-0.05, 0) is 31.0 Å². The highest BCUT2D eigenvalue weighted by Gasteiger charge is 2.25. The van der Waals surface area contributed by atoms with Crippen molar-refractivity contribution >= 4 is 5.91 Å². The van der Waals surface area contributed by atoms with E-state index in [1.54, 1.807) is 12.1 Å². The number of ether oxygens (including phenoxy) is 1. The molecule has 0 radical (unpaired) electrons. The third-order valence-corrected chi connectivity index (χ3v) is 3.96. The van der Waals surface area contributed by atoms with Gasteiger partial charge in [-0.1, -0.05) is 49.4 Å². The number of amides is 1. The van der Waals surface area contributed by atoms with E-state index in [2.05, 4.69) is 5.32 Å². The van der Waals surface area contributed by atoms with Gasteiger partial charge < -0.3 is 15.2 Å². The standard InChI is InChI=1S/C20H25NO3/c1-3-24-18-12-8-7-11-17(18)19(23)21-14-20(2,15-22)13-16-9-5-4-6-10-16/h4-12,22H,3,13-15H2,1-2H3,(H,21,23). The van der Waals surface area contributed by atoms with Crippen molar-refractivity contribution in [2.45, 2.75) is 20.3 Å². The van der Waals surface area contributed by atoms with Crippen LogP contribution in [0.5, 0.6) is 5.75 Å². The van der Waals surface area contributed by atoms with Gasteiger partial charge in [0.25, 0.3) is 5.91 Å². The molecule has 128 valence electrons. The van der Waals surface area contributed by atoms with Crippen molar-refractivity contribution in [3.8, 4) is 5.75 Å². The second-order valence-electron chi connectivity index (χ2n) is 6.24. The zero-order chi connectivity index (χ0) is 17.4. The maximum Gasteiger partial charge on any atom is 0.255 e. The van der Waals surface area contributed by atoms with Crippen molar-refractivity contribution in [2.24, 2.45) is 5.41 Å². The average Bonchev–Trinajstić information content (AvgIpc) is 2.61. The minimum atomic E-state index is -0.419. The summed E-state index contributed by atoms with van der Waals surface area (Å²) in [6.07, 6.45) is 0.692. The molecule has 4 nitrogen and oxygen atoms in total. The molecule has 2 rings (SSSR count). The van der Waals surface area contributed by atoms with Crippen molar-refractivity contribution in [3.05, 3.63) is 65.7 Å². The lowest BCUT2D eigenvalue weighted by atomic mass is 9.84.